The van der Waals surface area contributed by atoms with E-state index in [1.54, 1.807) is 48.1 Å². The molecule has 0 aliphatic heterocycles. The number of anilines is 2. The molecule has 2 N–H and O–H groups in total. The number of carbonyl (C=O) groups is 1. The van der Waals surface area contributed by atoms with Crippen molar-refractivity contribution >= 4 is 43.4 Å². The minimum atomic E-state index is -3.82. The molecule has 140 valence electrons. The summed E-state index contributed by atoms with van der Waals surface area (Å²) in [5, 5.41) is 6.88. The largest absolute Gasteiger partial charge is 0.307 e. The maximum absolute atomic E-state index is 12.6. The lowest BCUT2D eigenvalue weighted by atomic mass is 10.2. The van der Waals surface area contributed by atoms with E-state index in [0.29, 0.717) is 11.5 Å². The molecule has 3 aromatic rings. The quantitative estimate of drug-likeness (QED) is 0.623. The van der Waals surface area contributed by atoms with Crippen molar-refractivity contribution in [2.75, 3.05) is 10.0 Å². The predicted molar refractivity (Wildman–Crippen MR) is 107 cm³/mol. The number of carbonyl (C=O) groups excluding carboxylic acids is 1. The molecule has 27 heavy (non-hydrogen) atoms. The van der Waals surface area contributed by atoms with E-state index in [0.717, 1.165) is 10.2 Å². The summed E-state index contributed by atoms with van der Waals surface area (Å²) in [6.45, 7) is 1.82. The average Bonchev–Trinajstić information content (AvgIpc) is 2.94. The van der Waals surface area contributed by atoms with Gasteiger partial charge in [-0.25, -0.2) is 8.42 Å². The van der Waals surface area contributed by atoms with Crippen LogP contribution in [0, 0.1) is 6.92 Å². The molecule has 0 unspecified atom stereocenters. The van der Waals surface area contributed by atoms with Gasteiger partial charge in [0.25, 0.3) is 15.9 Å². The smallest absolute Gasteiger partial charge is 0.261 e. The third-order valence-electron chi connectivity index (χ3n) is 3.75. The van der Waals surface area contributed by atoms with Crippen molar-refractivity contribution in [2.24, 2.45) is 7.05 Å². The van der Waals surface area contributed by atoms with E-state index >= 15 is 0 Å². The second-order valence-electron chi connectivity index (χ2n) is 5.89. The highest BCUT2D eigenvalue weighted by Gasteiger charge is 2.17. The molecule has 9 heteroatoms. The molecule has 0 saturated carbocycles. The van der Waals surface area contributed by atoms with Gasteiger partial charge >= 0.3 is 0 Å². The Kier molecular flexibility index (Phi) is 5.33. The molecule has 1 amide bonds. The molecule has 0 spiro atoms. The van der Waals surface area contributed by atoms with Crippen LogP contribution in [0.5, 0.6) is 0 Å². The Labute approximate surface area is 165 Å². The van der Waals surface area contributed by atoms with Crippen LogP contribution >= 0.6 is 15.9 Å². The Morgan fingerprint density at radius 3 is 2.44 bits per heavy atom. The Bertz CT molecular complexity index is 1090. The Morgan fingerprint density at radius 2 is 1.81 bits per heavy atom. The zero-order valence-corrected chi connectivity index (χ0v) is 17.0. The van der Waals surface area contributed by atoms with Gasteiger partial charge in [0.15, 0.2) is 0 Å². The van der Waals surface area contributed by atoms with Crippen LogP contribution in [0.25, 0.3) is 0 Å². The number of nitrogens with zero attached hydrogens (tertiary/aromatic N) is 2. The minimum absolute atomic E-state index is 0.000689. The second kappa shape index (κ2) is 7.53. The summed E-state index contributed by atoms with van der Waals surface area (Å²) in [6, 6.07) is 14.3. The highest BCUT2D eigenvalue weighted by atomic mass is 79.9. The maximum atomic E-state index is 12.6. The summed E-state index contributed by atoms with van der Waals surface area (Å²) in [5.74, 6) is 0.109. The van der Waals surface area contributed by atoms with Gasteiger partial charge in [0.2, 0.25) is 0 Å². The lowest BCUT2D eigenvalue weighted by Gasteiger charge is -2.10. The number of hydrogen-bond acceptors (Lipinski definition) is 4. The number of nitrogens with one attached hydrogen (secondary N) is 2. The van der Waals surface area contributed by atoms with E-state index in [2.05, 4.69) is 31.1 Å². The van der Waals surface area contributed by atoms with Gasteiger partial charge in [-0.3, -0.25) is 14.2 Å². The van der Waals surface area contributed by atoms with E-state index in [9.17, 15) is 13.2 Å². The van der Waals surface area contributed by atoms with Gasteiger partial charge in [0.05, 0.1) is 10.6 Å². The number of aryl methyl sites for hydroxylation is 2. The molecule has 3 rings (SSSR count). The van der Waals surface area contributed by atoms with Gasteiger partial charge < -0.3 is 5.32 Å². The van der Waals surface area contributed by atoms with Crippen LogP contribution in [0.2, 0.25) is 0 Å². The van der Waals surface area contributed by atoms with Crippen LogP contribution in [0.1, 0.15) is 16.1 Å². The normalized spacial score (nSPS) is 11.2. The van der Waals surface area contributed by atoms with Crippen molar-refractivity contribution in [3.63, 3.8) is 0 Å². The fourth-order valence-corrected chi connectivity index (χ4v) is 3.82. The molecule has 0 fully saturated rings. The van der Waals surface area contributed by atoms with E-state index in [1.807, 2.05) is 6.92 Å². The topological polar surface area (TPSA) is 93.1 Å². The van der Waals surface area contributed by atoms with Crippen LogP contribution < -0.4 is 10.0 Å². The standard InChI is InChI=1S/C18H17BrN4O3S/c1-12-10-17(23(2)21-12)20-18(24)13-4-3-5-16(11-13)27(25,26)22-15-8-6-14(19)7-9-15/h3-11,22H,1-2H3,(H,20,24). The van der Waals surface area contributed by atoms with Crippen molar-refractivity contribution in [1.29, 1.82) is 0 Å². The van der Waals surface area contributed by atoms with E-state index in [1.165, 1.54) is 18.2 Å². The number of hydrogen-bond donors (Lipinski definition) is 2. The fraction of sp³-hybridized carbons (Fsp3) is 0.111. The molecule has 0 atom stereocenters. The number of sulfonamides is 1. The van der Waals surface area contributed by atoms with Gasteiger partial charge in [-0.15, -0.1) is 0 Å². The molecule has 0 saturated heterocycles. The van der Waals surface area contributed by atoms with Crippen molar-refractivity contribution < 1.29 is 13.2 Å². The van der Waals surface area contributed by atoms with Gasteiger partial charge in [-0.05, 0) is 49.4 Å². The van der Waals surface area contributed by atoms with E-state index in [4.69, 9.17) is 0 Å². The Hall–Kier alpha value is -2.65. The number of benzene rings is 2. The summed E-state index contributed by atoms with van der Waals surface area (Å²) in [6.07, 6.45) is 0. The summed E-state index contributed by atoms with van der Waals surface area (Å²) in [5.41, 5.74) is 1.42. The first kappa shape index (κ1) is 19.1. The molecule has 0 radical (unpaired) electrons. The summed E-state index contributed by atoms with van der Waals surface area (Å²) in [4.78, 5) is 12.5. The van der Waals surface area contributed by atoms with Gasteiger partial charge in [-0.2, -0.15) is 5.10 Å². The van der Waals surface area contributed by atoms with E-state index < -0.39 is 15.9 Å². The second-order valence-corrected chi connectivity index (χ2v) is 8.49. The third-order valence-corrected chi connectivity index (χ3v) is 5.65. The van der Waals surface area contributed by atoms with E-state index in [-0.39, 0.29) is 10.5 Å². The van der Waals surface area contributed by atoms with Gasteiger partial charge in [0.1, 0.15) is 5.82 Å². The molecular weight excluding hydrogens is 432 g/mol. The van der Waals surface area contributed by atoms with Crippen molar-refractivity contribution in [1.82, 2.24) is 9.78 Å². The van der Waals surface area contributed by atoms with Crippen LogP contribution in [0.15, 0.2) is 64.0 Å². The molecule has 1 aromatic heterocycles. The highest BCUT2D eigenvalue weighted by Crippen LogP contribution is 2.20. The predicted octanol–water partition coefficient (Wildman–Crippen LogP) is 3.54. The first-order valence-corrected chi connectivity index (χ1v) is 10.2. The zero-order valence-electron chi connectivity index (χ0n) is 14.6. The number of rotatable bonds is 5. The number of halogens is 1. The molecular formula is C18H17BrN4O3S. The lowest BCUT2D eigenvalue weighted by Crippen LogP contribution is -2.17. The number of aromatic nitrogens is 2. The molecule has 7 nitrogen and oxygen atoms in total. The lowest BCUT2D eigenvalue weighted by molar-refractivity contribution is 0.102. The molecule has 0 aliphatic rings. The number of amides is 1. The van der Waals surface area contributed by atoms with Gasteiger partial charge in [0, 0.05) is 28.8 Å². The molecule has 0 aliphatic carbocycles. The summed E-state index contributed by atoms with van der Waals surface area (Å²) >= 11 is 3.30. The summed E-state index contributed by atoms with van der Waals surface area (Å²) in [7, 11) is -2.11. The van der Waals surface area contributed by atoms with Crippen molar-refractivity contribution in [3.05, 3.63) is 70.3 Å². The Morgan fingerprint density at radius 1 is 1.11 bits per heavy atom. The monoisotopic (exact) mass is 448 g/mol. The van der Waals surface area contributed by atoms with Crippen LogP contribution in [-0.2, 0) is 17.1 Å². The Balaban J connectivity index is 1.82. The zero-order chi connectivity index (χ0) is 19.6. The SMILES string of the molecule is Cc1cc(NC(=O)c2cccc(S(=O)(=O)Nc3ccc(Br)cc3)c2)n(C)n1. The summed E-state index contributed by atoms with van der Waals surface area (Å²) < 4.78 is 30.1. The highest BCUT2D eigenvalue weighted by molar-refractivity contribution is 9.10. The fourth-order valence-electron chi connectivity index (χ4n) is 2.45. The third kappa shape index (κ3) is 4.55. The van der Waals surface area contributed by atoms with Crippen LogP contribution in [0.3, 0.4) is 0 Å². The molecule has 0 bridgehead atoms. The minimum Gasteiger partial charge on any atom is -0.307 e. The van der Waals surface area contributed by atoms with Crippen LogP contribution in [0.4, 0.5) is 11.5 Å². The first-order chi connectivity index (χ1) is 12.7. The van der Waals surface area contributed by atoms with Gasteiger partial charge in [-0.1, -0.05) is 22.0 Å². The van der Waals surface area contributed by atoms with Crippen molar-refractivity contribution in [2.45, 2.75) is 11.8 Å². The molecule has 2 aromatic carbocycles. The average molecular weight is 449 g/mol. The molecule has 1 heterocycles. The van der Waals surface area contributed by atoms with Crippen molar-refractivity contribution in [3.8, 4) is 0 Å². The van der Waals surface area contributed by atoms with Crippen LogP contribution in [-0.4, -0.2) is 24.1 Å². The first-order valence-electron chi connectivity index (χ1n) is 7.95. The maximum Gasteiger partial charge on any atom is 0.261 e.